The number of likely N-dealkylation sites (N-methyl/N-ethyl adjacent to an activating group) is 2. The standard InChI is InChI=1S/C20H40N6O3.CH4O/c1-14-10-16(18(27)21-5)25(11-14)19(28)17(20(2,3)4)26-13-15(22-23-26)12-24(6)8-9-29-7;1-2/h14-17,22-23H,8-13H2,1-7H3,(H,21,27);2H,1H3/t14?,15?,16-,17+;/m0./s1. The van der Waals surface area contributed by atoms with Crippen LogP contribution in [-0.2, 0) is 14.3 Å². The second-order valence-corrected chi connectivity index (χ2v) is 9.59. The molecule has 2 saturated heterocycles. The van der Waals surface area contributed by atoms with Crippen LogP contribution in [0.15, 0.2) is 0 Å². The average molecular weight is 445 g/mol. The minimum Gasteiger partial charge on any atom is -0.400 e. The van der Waals surface area contributed by atoms with Crippen LogP contribution in [0.25, 0.3) is 0 Å². The number of nitrogens with one attached hydrogen (secondary N) is 3. The predicted molar refractivity (Wildman–Crippen MR) is 121 cm³/mol. The number of rotatable bonds is 8. The number of carbonyl (C=O) groups excluding carboxylic acids is 2. The van der Waals surface area contributed by atoms with Crippen molar-refractivity contribution in [1.29, 1.82) is 0 Å². The first-order chi connectivity index (χ1) is 14.6. The molecule has 0 bridgehead atoms. The van der Waals surface area contributed by atoms with Crippen molar-refractivity contribution in [1.82, 2.24) is 31.1 Å². The fraction of sp³-hybridized carbons (Fsp3) is 0.905. The summed E-state index contributed by atoms with van der Waals surface area (Å²) in [5.74, 6) is 0.243. The minimum atomic E-state index is -0.390. The van der Waals surface area contributed by atoms with Crippen LogP contribution in [0.1, 0.15) is 34.1 Å². The fourth-order valence-electron chi connectivity index (χ4n) is 4.32. The third-order valence-corrected chi connectivity index (χ3v) is 5.75. The van der Waals surface area contributed by atoms with Crippen LogP contribution in [0, 0.1) is 11.3 Å². The first-order valence-electron chi connectivity index (χ1n) is 11.0. The maximum absolute atomic E-state index is 13.6. The number of ether oxygens (including phenoxy) is 1. The van der Waals surface area contributed by atoms with E-state index in [2.05, 4.69) is 55.9 Å². The number of nitrogens with zero attached hydrogens (tertiary/aromatic N) is 3. The second-order valence-electron chi connectivity index (χ2n) is 9.59. The van der Waals surface area contributed by atoms with Crippen LogP contribution in [-0.4, -0.2) is 111 Å². The quantitative estimate of drug-likeness (QED) is 0.388. The molecule has 0 saturated carbocycles. The van der Waals surface area contributed by atoms with Gasteiger partial charge in [0.15, 0.2) is 0 Å². The van der Waals surface area contributed by atoms with E-state index in [1.54, 1.807) is 19.1 Å². The second kappa shape index (κ2) is 12.7. The Kier molecular flexibility index (Phi) is 11.3. The summed E-state index contributed by atoms with van der Waals surface area (Å²) in [4.78, 5) is 30.0. The van der Waals surface area contributed by atoms with E-state index in [4.69, 9.17) is 9.84 Å². The molecule has 31 heavy (non-hydrogen) atoms. The Labute approximate surface area is 187 Å². The van der Waals surface area contributed by atoms with Gasteiger partial charge in [0.2, 0.25) is 11.8 Å². The molecule has 2 unspecified atom stereocenters. The van der Waals surface area contributed by atoms with Gasteiger partial charge in [0.25, 0.3) is 0 Å². The van der Waals surface area contributed by atoms with Crippen molar-refractivity contribution in [2.75, 3.05) is 61.1 Å². The Hall–Kier alpha value is -1.30. The van der Waals surface area contributed by atoms with E-state index in [-0.39, 0.29) is 35.4 Å². The number of hydrogen-bond acceptors (Lipinski definition) is 8. The van der Waals surface area contributed by atoms with Crippen molar-refractivity contribution in [3.63, 3.8) is 0 Å². The summed E-state index contributed by atoms with van der Waals surface area (Å²) in [6.07, 6.45) is 0.709. The van der Waals surface area contributed by atoms with Gasteiger partial charge in [0.05, 0.1) is 6.61 Å². The topological polar surface area (TPSA) is 109 Å². The molecule has 10 heteroatoms. The third kappa shape index (κ3) is 7.65. The highest BCUT2D eigenvalue weighted by atomic mass is 16.5. The zero-order valence-corrected chi connectivity index (χ0v) is 20.6. The van der Waals surface area contributed by atoms with E-state index in [1.165, 1.54) is 0 Å². The Bertz CT molecular complexity index is 571. The van der Waals surface area contributed by atoms with Crippen molar-refractivity contribution in [3.8, 4) is 0 Å². The SMILES string of the molecule is CNC(=O)[C@@H]1CC(C)CN1C(=O)[C@@H](N1CC(CN(C)CCOC)NN1)C(C)(C)C.CO. The first-order valence-corrected chi connectivity index (χ1v) is 11.0. The molecule has 2 amide bonds. The Morgan fingerprint density at radius 2 is 1.94 bits per heavy atom. The molecule has 0 aromatic carbocycles. The Balaban J connectivity index is 0.00000233. The maximum Gasteiger partial charge on any atom is 0.242 e. The molecule has 0 aromatic heterocycles. The molecule has 0 radical (unpaired) electrons. The number of hydrazine groups is 2. The molecular weight excluding hydrogens is 400 g/mol. The highest BCUT2D eigenvalue weighted by Gasteiger charge is 2.46. The molecule has 2 aliphatic heterocycles. The van der Waals surface area contributed by atoms with E-state index in [9.17, 15) is 9.59 Å². The summed E-state index contributed by atoms with van der Waals surface area (Å²) in [5.41, 5.74) is 6.25. The molecule has 2 fully saturated rings. The van der Waals surface area contributed by atoms with Gasteiger partial charge in [-0.25, -0.2) is 10.4 Å². The zero-order valence-electron chi connectivity index (χ0n) is 20.6. The van der Waals surface area contributed by atoms with Crippen molar-refractivity contribution >= 4 is 11.8 Å². The highest BCUT2D eigenvalue weighted by Crippen LogP contribution is 2.31. The number of aliphatic hydroxyl groups is 1. The van der Waals surface area contributed by atoms with Crippen molar-refractivity contribution in [3.05, 3.63) is 0 Å². The molecule has 0 aromatic rings. The van der Waals surface area contributed by atoms with Crippen LogP contribution in [0.5, 0.6) is 0 Å². The summed E-state index contributed by atoms with van der Waals surface area (Å²) in [7, 11) is 6.40. The van der Waals surface area contributed by atoms with Crippen molar-refractivity contribution in [2.24, 2.45) is 11.3 Å². The molecule has 182 valence electrons. The molecule has 2 heterocycles. The van der Waals surface area contributed by atoms with Crippen LogP contribution < -0.4 is 16.3 Å². The summed E-state index contributed by atoms with van der Waals surface area (Å²) >= 11 is 0. The van der Waals surface area contributed by atoms with Crippen LogP contribution in [0.4, 0.5) is 0 Å². The lowest BCUT2D eigenvalue weighted by molar-refractivity contribution is -0.147. The van der Waals surface area contributed by atoms with Crippen molar-refractivity contribution < 1.29 is 19.4 Å². The highest BCUT2D eigenvalue weighted by molar-refractivity contribution is 5.90. The summed E-state index contributed by atoms with van der Waals surface area (Å²) in [6.45, 7) is 12.0. The lowest BCUT2D eigenvalue weighted by Gasteiger charge is -2.39. The van der Waals surface area contributed by atoms with Gasteiger partial charge in [-0.1, -0.05) is 27.7 Å². The van der Waals surface area contributed by atoms with Crippen molar-refractivity contribution in [2.45, 2.75) is 52.2 Å². The number of likely N-dealkylation sites (tertiary alicyclic amines) is 1. The number of amides is 2. The Morgan fingerprint density at radius 3 is 2.48 bits per heavy atom. The normalized spacial score (nSPS) is 25.4. The number of aliphatic hydroxyl groups excluding tert-OH is 1. The smallest absolute Gasteiger partial charge is 0.242 e. The van der Waals surface area contributed by atoms with Crippen LogP contribution in [0.3, 0.4) is 0 Å². The molecule has 10 nitrogen and oxygen atoms in total. The summed E-state index contributed by atoms with van der Waals surface area (Å²) < 4.78 is 5.15. The molecule has 0 spiro atoms. The first kappa shape index (κ1) is 27.7. The number of hydrogen-bond donors (Lipinski definition) is 4. The minimum absolute atomic E-state index is 0.0122. The largest absolute Gasteiger partial charge is 0.400 e. The van der Waals surface area contributed by atoms with E-state index in [0.717, 1.165) is 20.2 Å². The lowest BCUT2D eigenvalue weighted by atomic mass is 9.85. The Morgan fingerprint density at radius 1 is 1.29 bits per heavy atom. The van der Waals surface area contributed by atoms with E-state index in [0.29, 0.717) is 32.0 Å². The molecule has 4 atom stereocenters. The van der Waals surface area contributed by atoms with Gasteiger partial charge in [-0.2, -0.15) is 5.53 Å². The summed E-state index contributed by atoms with van der Waals surface area (Å²) in [5, 5.41) is 11.7. The van der Waals surface area contributed by atoms with Gasteiger partial charge in [-0.15, -0.1) is 0 Å². The average Bonchev–Trinajstić information content (AvgIpc) is 3.32. The van der Waals surface area contributed by atoms with Crippen LogP contribution in [0.2, 0.25) is 0 Å². The number of methoxy groups -OCH3 is 1. The molecule has 0 aliphatic carbocycles. The molecule has 2 aliphatic rings. The van der Waals surface area contributed by atoms with Gasteiger partial charge >= 0.3 is 0 Å². The summed E-state index contributed by atoms with van der Waals surface area (Å²) in [6, 6.07) is -0.567. The fourth-order valence-corrected chi connectivity index (χ4v) is 4.32. The zero-order chi connectivity index (χ0) is 23.8. The van der Waals surface area contributed by atoms with Gasteiger partial charge in [0, 0.05) is 53.5 Å². The van der Waals surface area contributed by atoms with Gasteiger partial charge in [-0.05, 0) is 24.8 Å². The van der Waals surface area contributed by atoms with E-state index < -0.39 is 0 Å². The van der Waals surface area contributed by atoms with Crippen LogP contribution >= 0.6 is 0 Å². The number of carbonyl (C=O) groups is 2. The van der Waals surface area contributed by atoms with E-state index in [1.807, 2.05) is 5.01 Å². The molecular formula is C21H44N6O4. The van der Waals surface area contributed by atoms with Gasteiger partial charge < -0.3 is 25.0 Å². The predicted octanol–water partition coefficient (Wildman–Crippen LogP) is -0.736. The van der Waals surface area contributed by atoms with E-state index >= 15 is 0 Å². The maximum atomic E-state index is 13.6. The lowest BCUT2D eigenvalue weighted by Crippen LogP contribution is -2.60. The monoisotopic (exact) mass is 444 g/mol. The molecule has 4 N–H and O–H groups in total. The van der Waals surface area contributed by atoms with Gasteiger partial charge in [-0.3, -0.25) is 9.59 Å². The van der Waals surface area contributed by atoms with Gasteiger partial charge in [0.1, 0.15) is 12.1 Å². The molecule has 2 rings (SSSR count). The third-order valence-electron chi connectivity index (χ3n) is 5.75.